The van der Waals surface area contributed by atoms with Crippen molar-refractivity contribution in [1.82, 2.24) is 4.98 Å². The predicted octanol–water partition coefficient (Wildman–Crippen LogP) is 3.91. The van der Waals surface area contributed by atoms with Crippen molar-refractivity contribution < 1.29 is 4.79 Å². The van der Waals surface area contributed by atoms with Gasteiger partial charge in [0.05, 0.1) is 10.2 Å². The van der Waals surface area contributed by atoms with Crippen LogP contribution in [0.5, 0.6) is 0 Å². The largest absolute Gasteiger partial charge is 0.298 e. The Balaban J connectivity index is 1.69. The summed E-state index contributed by atoms with van der Waals surface area (Å²) in [4.78, 5) is 21.7. The van der Waals surface area contributed by atoms with E-state index in [2.05, 4.69) is 21.4 Å². The van der Waals surface area contributed by atoms with Gasteiger partial charge in [0, 0.05) is 23.4 Å². The van der Waals surface area contributed by atoms with Crippen LogP contribution in [0.1, 0.15) is 28.4 Å². The van der Waals surface area contributed by atoms with E-state index in [1.807, 2.05) is 43.3 Å². The van der Waals surface area contributed by atoms with Crippen LogP contribution < -0.4 is 5.32 Å². The zero-order valence-corrected chi connectivity index (χ0v) is 13.5. The molecule has 1 N–H and O–H groups in total. The summed E-state index contributed by atoms with van der Waals surface area (Å²) in [5.41, 5.74) is 4.66. The van der Waals surface area contributed by atoms with Gasteiger partial charge in [-0.25, -0.2) is 4.98 Å². The minimum atomic E-state index is -0.127. The van der Waals surface area contributed by atoms with Crippen molar-refractivity contribution in [2.45, 2.75) is 13.3 Å². The minimum Gasteiger partial charge on any atom is -0.298 e. The molecular formula is C18H15N3OS. The number of rotatable bonds is 2. The van der Waals surface area contributed by atoms with Crippen LogP contribution in [-0.4, -0.2) is 23.1 Å². The highest BCUT2D eigenvalue weighted by Gasteiger charge is 2.20. The van der Waals surface area contributed by atoms with Crippen LogP contribution in [0.4, 0.5) is 5.13 Å². The number of para-hydroxylation sites is 1. The summed E-state index contributed by atoms with van der Waals surface area (Å²) in [5, 5.41) is 3.56. The van der Waals surface area contributed by atoms with Gasteiger partial charge in [0.1, 0.15) is 0 Å². The van der Waals surface area contributed by atoms with Crippen molar-refractivity contribution in [1.29, 1.82) is 0 Å². The molecule has 5 heteroatoms. The van der Waals surface area contributed by atoms with E-state index in [0.717, 1.165) is 34.5 Å². The van der Waals surface area contributed by atoms with Crippen LogP contribution in [0.2, 0.25) is 0 Å². The molecule has 0 aliphatic carbocycles. The molecule has 0 unspecified atom stereocenters. The maximum atomic E-state index is 12.7. The van der Waals surface area contributed by atoms with E-state index in [4.69, 9.17) is 0 Å². The van der Waals surface area contributed by atoms with E-state index >= 15 is 0 Å². The number of hydrogen-bond acceptors (Lipinski definition) is 4. The molecule has 0 bridgehead atoms. The smallest absolute Gasteiger partial charge is 0.258 e. The van der Waals surface area contributed by atoms with E-state index in [0.29, 0.717) is 10.7 Å². The Hall–Kier alpha value is -2.53. The van der Waals surface area contributed by atoms with Gasteiger partial charge in [0.15, 0.2) is 5.13 Å². The average Bonchev–Trinajstić information content (AvgIpc) is 2.96. The first-order chi connectivity index (χ1) is 11.2. The number of benzene rings is 2. The summed E-state index contributed by atoms with van der Waals surface area (Å²) in [5.74, 6) is -0.127. The minimum absolute atomic E-state index is 0.127. The number of carbonyl (C=O) groups excluding carboxylic acids is 1. The summed E-state index contributed by atoms with van der Waals surface area (Å²) in [7, 11) is 0. The van der Waals surface area contributed by atoms with Crippen molar-refractivity contribution in [3.05, 3.63) is 59.2 Å². The molecular weight excluding hydrogens is 306 g/mol. The summed E-state index contributed by atoms with van der Waals surface area (Å²) >= 11 is 1.49. The molecule has 0 fully saturated rings. The van der Waals surface area contributed by atoms with Gasteiger partial charge in [-0.3, -0.25) is 15.1 Å². The zero-order valence-electron chi connectivity index (χ0n) is 12.7. The molecule has 1 amide bonds. The number of fused-ring (bicyclic) bond motifs is 2. The molecule has 1 aliphatic heterocycles. The lowest BCUT2D eigenvalue weighted by Crippen LogP contribution is -2.20. The van der Waals surface area contributed by atoms with E-state index in [9.17, 15) is 4.79 Å². The molecule has 4 nitrogen and oxygen atoms in total. The van der Waals surface area contributed by atoms with Crippen LogP contribution in [-0.2, 0) is 6.42 Å². The van der Waals surface area contributed by atoms with Gasteiger partial charge in [-0.15, -0.1) is 0 Å². The molecule has 4 rings (SSSR count). The predicted molar refractivity (Wildman–Crippen MR) is 94.8 cm³/mol. The Bertz CT molecular complexity index is 909. The van der Waals surface area contributed by atoms with Crippen LogP contribution in [0.25, 0.3) is 10.2 Å². The average molecular weight is 321 g/mol. The molecule has 2 heterocycles. The highest BCUT2D eigenvalue weighted by molar-refractivity contribution is 7.22. The fourth-order valence-electron chi connectivity index (χ4n) is 2.94. The Morgan fingerprint density at radius 2 is 2.04 bits per heavy atom. The molecule has 0 atom stereocenters. The third kappa shape index (κ3) is 2.53. The first kappa shape index (κ1) is 14.1. The van der Waals surface area contributed by atoms with Gasteiger partial charge >= 0.3 is 0 Å². The first-order valence-corrected chi connectivity index (χ1v) is 8.34. The van der Waals surface area contributed by atoms with Crippen molar-refractivity contribution in [3.8, 4) is 0 Å². The molecule has 114 valence electrons. The van der Waals surface area contributed by atoms with E-state index in [-0.39, 0.29) is 5.91 Å². The molecule has 1 aromatic heterocycles. The normalized spacial score (nSPS) is 13.5. The number of thiazole rings is 1. The monoisotopic (exact) mass is 321 g/mol. The Morgan fingerprint density at radius 3 is 2.91 bits per heavy atom. The van der Waals surface area contributed by atoms with Crippen LogP contribution in [0.15, 0.2) is 47.5 Å². The van der Waals surface area contributed by atoms with Crippen molar-refractivity contribution in [3.63, 3.8) is 0 Å². The summed E-state index contributed by atoms with van der Waals surface area (Å²) < 4.78 is 1.07. The maximum absolute atomic E-state index is 12.7. The third-order valence-electron chi connectivity index (χ3n) is 4.00. The van der Waals surface area contributed by atoms with Gasteiger partial charge in [-0.05, 0) is 37.1 Å². The molecule has 1 aliphatic rings. The second kappa shape index (κ2) is 5.59. The Kier molecular flexibility index (Phi) is 3.42. The van der Waals surface area contributed by atoms with Crippen LogP contribution in [0, 0.1) is 0 Å². The second-order valence-corrected chi connectivity index (χ2v) is 6.53. The number of hydrogen-bond donors (Lipinski definition) is 1. The van der Waals surface area contributed by atoms with Crippen molar-refractivity contribution in [2.24, 2.45) is 4.99 Å². The highest BCUT2D eigenvalue weighted by Crippen LogP contribution is 2.27. The molecule has 2 aromatic carbocycles. The fraction of sp³-hybridized carbons (Fsp3) is 0.167. The fourth-order valence-corrected chi connectivity index (χ4v) is 3.80. The lowest BCUT2D eigenvalue weighted by molar-refractivity contribution is 0.102. The zero-order chi connectivity index (χ0) is 15.8. The summed E-state index contributed by atoms with van der Waals surface area (Å²) in [6.07, 6.45) is 0.884. The molecule has 0 spiro atoms. The molecule has 0 saturated heterocycles. The maximum Gasteiger partial charge on any atom is 0.258 e. The number of amides is 1. The molecule has 0 radical (unpaired) electrons. The molecule has 0 saturated carbocycles. The van der Waals surface area contributed by atoms with Gasteiger partial charge in [0.2, 0.25) is 0 Å². The number of anilines is 1. The SMILES string of the molecule is CC1=NCCc2cccc(C(=O)Nc3nc4ccccc4s3)c21. The lowest BCUT2D eigenvalue weighted by atomic mass is 9.93. The summed E-state index contributed by atoms with van der Waals surface area (Å²) in [6, 6.07) is 13.7. The van der Waals surface area contributed by atoms with E-state index in [1.54, 1.807) is 0 Å². The topological polar surface area (TPSA) is 54.4 Å². The van der Waals surface area contributed by atoms with Crippen LogP contribution in [0.3, 0.4) is 0 Å². The molecule has 23 heavy (non-hydrogen) atoms. The number of nitrogens with zero attached hydrogens (tertiary/aromatic N) is 2. The van der Waals surface area contributed by atoms with Gasteiger partial charge in [0.25, 0.3) is 5.91 Å². The van der Waals surface area contributed by atoms with Gasteiger partial charge in [-0.2, -0.15) is 0 Å². The Morgan fingerprint density at radius 1 is 1.17 bits per heavy atom. The van der Waals surface area contributed by atoms with Crippen LogP contribution >= 0.6 is 11.3 Å². The van der Waals surface area contributed by atoms with E-state index < -0.39 is 0 Å². The standard InChI is InChI=1S/C18H15N3OS/c1-11-16-12(9-10-19-11)5-4-6-13(16)17(22)21-18-20-14-7-2-3-8-15(14)23-18/h2-8H,9-10H2,1H3,(H,20,21,22). The number of aliphatic imine (C=N–C) groups is 1. The van der Waals surface area contributed by atoms with Crippen molar-refractivity contribution >= 4 is 38.3 Å². The summed E-state index contributed by atoms with van der Waals surface area (Å²) in [6.45, 7) is 2.76. The Labute approximate surface area is 137 Å². The first-order valence-electron chi connectivity index (χ1n) is 7.52. The lowest BCUT2D eigenvalue weighted by Gasteiger charge is -2.17. The number of carbonyl (C=O) groups is 1. The third-order valence-corrected chi connectivity index (χ3v) is 4.95. The quantitative estimate of drug-likeness (QED) is 0.778. The number of nitrogens with one attached hydrogen (secondary N) is 1. The highest BCUT2D eigenvalue weighted by atomic mass is 32.1. The molecule has 3 aromatic rings. The second-order valence-electron chi connectivity index (χ2n) is 5.50. The van der Waals surface area contributed by atoms with E-state index in [1.165, 1.54) is 16.9 Å². The van der Waals surface area contributed by atoms with Gasteiger partial charge < -0.3 is 0 Å². The number of aromatic nitrogens is 1. The van der Waals surface area contributed by atoms with Crippen molar-refractivity contribution in [2.75, 3.05) is 11.9 Å². The van der Waals surface area contributed by atoms with Gasteiger partial charge in [-0.1, -0.05) is 35.6 Å².